The number of aryl methyl sites for hydroxylation is 1. The highest BCUT2D eigenvalue weighted by Crippen LogP contribution is 2.16. The predicted octanol–water partition coefficient (Wildman–Crippen LogP) is 3.74. The van der Waals surface area contributed by atoms with Crippen LogP contribution in [0.5, 0.6) is 0 Å². The van der Waals surface area contributed by atoms with Crippen molar-refractivity contribution in [3.05, 3.63) is 63.4 Å². The summed E-state index contributed by atoms with van der Waals surface area (Å²) < 4.78 is 3.94. The van der Waals surface area contributed by atoms with Gasteiger partial charge in [-0.05, 0) is 30.3 Å². The maximum Gasteiger partial charge on any atom is 0.279 e. The van der Waals surface area contributed by atoms with E-state index in [4.69, 9.17) is 0 Å². The van der Waals surface area contributed by atoms with E-state index < -0.39 is 0 Å². The molecule has 1 amide bonds. The SMILES string of the molecule is Cn1c(=NC(=O)c2cccc(Br)c2)sc2ccccc21. The van der Waals surface area contributed by atoms with E-state index in [9.17, 15) is 4.79 Å². The van der Waals surface area contributed by atoms with Crippen molar-refractivity contribution < 1.29 is 4.79 Å². The minimum Gasteiger partial charge on any atom is -0.319 e. The van der Waals surface area contributed by atoms with E-state index in [1.807, 2.05) is 48.0 Å². The third kappa shape index (κ3) is 2.46. The van der Waals surface area contributed by atoms with Crippen LogP contribution in [-0.4, -0.2) is 10.5 Å². The fourth-order valence-electron chi connectivity index (χ4n) is 1.96. The zero-order chi connectivity index (χ0) is 14.1. The number of carbonyl (C=O) groups is 1. The first-order valence-electron chi connectivity index (χ1n) is 6.04. The Kier molecular flexibility index (Phi) is 3.54. The second kappa shape index (κ2) is 5.34. The summed E-state index contributed by atoms with van der Waals surface area (Å²) in [6.07, 6.45) is 0. The summed E-state index contributed by atoms with van der Waals surface area (Å²) in [5.74, 6) is -0.228. The average molecular weight is 347 g/mol. The van der Waals surface area contributed by atoms with Crippen molar-refractivity contribution in [3.8, 4) is 0 Å². The molecule has 20 heavy (non-hydrogen) atoms. The summed E-state index contributed by atoms with van der Waals surface area (Å²) in [5.41, 5.74) is 1.66. The molecule has 0 spiro atoms. The molecule has 0 atom stereocenters. The van der Waals surface area contributed by atoms with Crippen molar-refractivity contribution in [2.45, 2.75) is 0 Å². The molecule has 0 saturated heterocycles. The van der Waals surface area contributed by atoms with Gasteiger partial charge >= 0.3 is 0 Å². The number of amides is 1. The highest BCUT2D eigenvalue weighted by molar-refractivity contribution is 9.10. The molecule has 1 heterocycles. The van der Waals surface area contributed by atoms with E-state index in [1.54, 1.807) is 12.1 Å². The van der Waals surface area contributed by atoms with Crippen LogP contribution < -0.4 is 4.80 Å². The molecule has 2 aromatic carbocycles. The fourth-order valence-corrected chi connectivity index (χ4v) is 3.38. The lowest BCUT2D eigenvalue weighted by molar-refractivity contribution is 0.0998. The van der Waals surface area contributed by atoms with Crippen LogP contribution in [0.3, 0.4) is 0 Å². The molecule has 0 aliphatic rings. The molecule has 0 radical (unpaired) electrons. The van der Waals surface area contributed by atoms with Crippen LogP contribution in [0.2, 0.25) is 0 Å². The van der Waals surface area contributed by atoms with E-state index >= 15 is 0 Å². The first-order chi connectivity index (χ1) is 9.65. The molecule has 0 aliphatic heterocycles. The Labute approximate surface area is 128 Å². The maximum absolute atomic E-state index is 12.2. The van der Waals surface area contributed by atoms with E-state index in [1.165, 1.54) is 11.3 Å². The van der Waals surface area contributed by atoms with Crippen LogP contribution in [0.4, 0.5) is 0 Å². The van der Waals surface area contributed by atoms with Gasteiger partial charge in [-0.25, -0.2) is 0 Å². The molecule has 100 valence electrons. The maximum atomic E-state index is 12.2. The molecule has 3 nitrogen and oxygen atoms in total. The monoisotopic (exact) mass is 346 g/mol. The Balaban J connectivity index is 2.10. The molecule has 0 fully saturated rings. The Morgan fingerprint density at radius 3 is 2.75 bits per heavy atom. The molecular formula is C15H11BrN2OS. The Hall–Kier alpha value is -1.72. The third-order valence-electron chi connectivity index (χ3n) is 2.98. The number of benzene rings is 2. The minimum absolute atomic E-state index is 0.228. The number of fused-ring (bicyclic) bond motifs is 1. The van der Waals surface area contributed by atoms with Crippen molar-refractivity contribution >= 4 is 43.4 Å². The molecule has 3 aromatic rings. The van der Waals surface area contributed by atoms with Crippen molar-refractivity contribution in [2.75, 3.05) is 0 Å². The number of hydrogen-bond donors (Lipinski definition) is 0. The van der Waals surface area contributed by atoms with Crippen LogP contribution >= 0.6 is 27.3 Å². The summed E-state index contributed by atoms with van der Waals surface area (Å²) in [7, 11) is 1.92. The molecule has 0 unspecified atom stereocenters. The number of nitrogens with zero attached hydrogens (tertiary/aromatic N) is 2. The Morgan fingerprint density at radius 2 is 2.00 bits per heavy atom. The average Bonchev–Trinajstić information content (AvgIpc) is 2.76. The van der Waals surface area contributed by atoms with Gasteiger partial charge in [-0.1, -0.05) is 45.5 Å². The van der Waals surface area contributed by atoms with Gasteiger partial charge in [0.2, 0.25) is 0 Å². The van der Waals surface area contributed by atoms with Crippen molar-refractivity contribution in [2.24, 2.45) is 12.0 Å². The Morgan fingerprint density at radius 1 is 1.20 bits per heavy atom. The Bertz CT molecular complexity index is 863. The van der Waals surface area contributed by atoms with Crippen molar-refractivity contribution in [3.63, 3.8) is 0 Å². The van der Waals surface area contributed by atoms with Crippen LogP contribution in [0.15, 0.2) is 58.0 Å². The van der Waals surface area contributed by atoms with E-state index in [-0.39, 0.29) is 5.91 Å². The number of hydrogen-bond acceptors (Lipinski definition) is 2. The molecular weight excluding hydrogens is 336 g/mol. The van der Waals surface area contributed by atoms with E-state index in [0.29, 0.717) is 10.4 Å². The smallest absolute Gasteiger partial charge is 0.279 e. The van der Waals surface area contributed by atoms with Gasteiger partial charge in [-0.15, -0.1) is 0 Å². The zero-order valence-electron chi connectivity index (χ0n) is 10.7. The second-order valence-electron chi connectivity index (χ2n) is 4.34. The van der Waals surface area contributed by atoms with Gasteiger partial charge in [0, 0.05) is 17.1 Å². The standard InChI is InChI=1S/C15H11BrN2OS/c1-18-12-7-2-3-8-13(12)20-15(18)17-14(19)10-5-4-6-11(16)9-10/h2-9H,1H3. The number of halogens is 1. The summed E-state index contributed by atoms with van der Waals surface area (Å²) in [4.78, 5) is 17.1. The van der Waals surface area contributed by atoms with Crippen molar-refractivity contribution in [1.29, 1.82) is 0 Å². The molecule has 0 bridgehead atoms. The number of carbonyl (C=O) groups excluding carboxylic acids is 1. The molecule has 0 aliphatic carbocycles. The van der Waals surface area contributed by atoms with Crippen molar-refractivity contribution in [1.82, 2.24) is 4.57 Å². The van der Waals surface area contributed by atoms with E-state index in [0.717, 1.165) is 14.7 Å². The highest BCUT2D eigenvalue weighted by Gasteiger charge is 2.07. The predicted molar refractivity (Wildman–Crippen MR) is 84.8 cm³/mol. The summed E-state index contributed by atoms with van der Waals surface area (Å²) in [5, 5.41) is 0. The summed E-state index contributed by atoms with van der Waals surface area (Å²) in [6.45, 7) is 0. The number of para-hydroxylation sites is 1. The minimum atomic E-state index is -0.228. The lowest BCUT2D eigenvalue weighted by atomic mass is 10.2. The molecule has 1 aromatic heterocycles. The van der Waals surface area contributed by atoms with Crippen LogP contribution in [0.25, 0.3) is 10.2 Å². The first kappa shape index (κ1) is 13.3. The second-order valence-corrected chi connectivity index (χ2v) is 6.26. The quantitative estimate of drug-likeness (QED) is 0.660. The van der Waals surface area contributed by atoms with Gasteiger partial charge < -0.3 is 4.57 Å². The van der Waals surface area contributed by atoms with Crippen LogP contribution in [-0.2, 0) is 7.05 Å². The fraction of sp³-hybridized carbons (Fsp3) is 0.0667. The largest absolute Gasteiger partial charge is 0.319 e. The van der Waals surface area contributed by atoms with Crippen LogP contribution in [0.1, 0.15) is 10.4 Å². The van der Waals surface area contributed by atoms with E-state index in [2.05, 4.69) is 20.9 Å². The number of thiazole rings is 1. The van der Waals surface area contributed by atoms with Gasteiger partial charge in [-0.2, -0.15) is 4.99 Å². The van der Waals surface area contributed by atoms with Gasteiger partial charge in [-0.3, -0.25) is 4.79 Å². The zero-order valence-corrected chi connectivity index (χ0v) is 13.1. The molecule has 0 N–H and O–H groups in total. The highest BCUT2D eigenvalue weighted by atomic mass is 79.9. The molecule has 3 rings (SSSR count). The third-order valence-corrected chi connectivity index (χ3v) is 4.59. The van der Waals surface area contributed by atoms with Gasteiger partial charge in [0.05, 0.1) is 10.2 Å². The number of aromatic nitrogens is 1. The van der Waals surface area contributed by atoms with Crippen LogP contribution in [0, 0.1) is 0 Å². The van der Waals surface area contributed by atoms with Gasteiger partial charge in [0.1, 0.15) is 0 Å². The van der Waals surface area contributed by atoms with Gasteiger partial charge in [0.15, 0.2) is 4.80 Å². The number of rotatable bonds is 1. The lowest BCUT2D eigenvalue weighted by Gasteiger charge is -1.96. The topological polar surface area (TPSA) is 34.4 Å². The lowest BCUT2D eigenvalue weighted by Crippen LogP contribution is -2.13. The molecule has 5 heteroatoms. The summed E-state index contributed by atoms with van der Waals surface area (Å²) >= 11 is 4.88. The summed E-state index contributed by atoms with van der Waals surface area (Å²) in [6, 6.07) is 15.3. The van der Waals surface area contributed by atoms with Gasteiger partial charge in [0.25, 0.3) is 5.91 Å². The molecule has 0 saturated carbocycles. The first-order valence-corrected chi connectivity index (χ1v) is 7.65. The normalized spacial score (nSPS) is 12.0.